The first-order valence-electron chi connectivity index (χ1n) is 11.8. The average Bonchev–Trinajstić information content (AvgIpc) is 3.48. The van der Waals surface area contributed by atoms with Crippen molar-refractivity contribution in [1.82, 2.24) is 14.3 Å². The van der Waals surface area contributed by atoms with E-state index in [0.29, 0.717) is 32.1 Å². The molecule has 2 aromatic carbocycles. The molecule has 8 nitrogen and oxygen atoms in total. The Morgan fingerprint density at radius 1 is 1.05 bits per heavy atom. The second-order valence-electron chi connectivity index (χ2n) is 8.84. The van der Waals surface area contributed by atoms with Gasteiger partial charge in [-0.3, -0.25) is 18.9 Å². The molecule has 0 radical (unpaired) electrons. The number of amides is 1. The summed E-state index contributed by atoms with van der Waals surface area (Å²) < 4.78 is 18.8. The van der Waals surface area contributed by atoms with E-state index in [2.05, 4.69) is 4.98 Å². The van der Waals surface area contributed by atoms with E-state index in [9.17, 15) is 9.59 Å². The SMILES string of the molecule is Cc1ccccc1Oc1nc2c(C)cccn2c(=O)c1/C=C1/SC(=S)N(Cc2ccc3c(c2)OCO3)C1=O. The summed E-state index contributed by atoms with van der Waals surface area (Å²) >= 11 is 6.67. The lowest BCUT2D eigenvalue weighted by molar-refractivity contribution is -0.122. The second-order valence-corrected chi connectivity index (χ2v) is 10.5. The molecule has 4 aromatic rings. The number of benzene rings is 2. The van der Waals surface area contributed by atoms with Gasteiger partial charge in [0.1, 0.15) is 21.3 Å². The van der Waals surface area contributed by atoms with Crippen molar-refractivity contribution in [3.05, 3.63) is 98.3 Å². The Labute approximate surface area is 227 Å². The van der Waals surface area contributed by atoms with Crippen molar-refractivity contribution in [2.75, 3.05) is 6.79 Å². The molecule has 1 amide bonds. The van der Waals surface area contributed by atoms with Crippen molar-refractivity contribution >= 4 is 45.9 Å². The number of para-hydroxylation sites is 1. The van der Waals surface area contributed by atoms with Crippen LogP contribution < -0.4 is 19.8 Å². The van der Waals surface area contributed by atoms with Crippen LogP contribution in [0, 0.1) is 13.8 Å². The van der Waals surface area contributed by atoms with Gasteiger partial charge in [-0.2, -0.15) is 4.98 Å². The highest BCUT2D eigenvalue weighted by atomic mass is 32.2. The molecule has 0 spiro atoms. The van der Waals surface area contributed by atoms with E-state index in [4.69, 9.17) is 26.4 Å². The standard InChI is InChI=1S/C28H21N3O5S2/c1-16-6-3-4-8-20(16)36-25-19(26(32)30-11-5-7-17(2)24(30)29-25)13-23-27(33)31(28(37)38-23)14-18-9-10-21-22(12-18)35-15-34-21/h3-13H,14-15H2,1-2H3/b23-13+. The normalized spacial score (nSPS) is 15.6. The lowest BCUT2D eigenvalue weighted by Crippen LogP contribution is -2.27. The van der Waals surface area contributed by atoms with Crippen LogP contribution in [0.1, 0.15) is 22.3 Å². The van der Waals surface area contributed by atoms with Crippen molar-refractivity contribution in [3.8, 4) is 23.1 Å². The molecule has 0 atom stereocenters. The van der Waals surface area contributed by atoms with Gasteiger partial charge in [0.25, 0.3) is 11.5 Å². The maximum Gasteiger partial charge on any atom is 0.269 e. The Hall–Kier alpha value is -4.15. The van der Waals surface area contributed by atoms with E-state index in [1.165, 1.54) is 15.4 Å². The molecular formula is C28H21N3O5S2. The van der Waals surface area contributed by atoms with E-state index in [0.717, 1.165) is 28.5 Å². The van der Waals surface area contributed by atoms with Gasteiger partial charge in [-0.25, -0.2) is 0 Å². The van der Waals surface area contributed by atoms with Gasteiger partial charge in [0.05, 0.1) is 11.4 Å². The molecular weight excluding hydrogens is 522 g/mol. The highest BCUT2D eigenvalue weighted by Gasteiger charge is 2.33. The van der Waals surface area contributed by atoms with Crippen LogP contribution in [0.2, 0.25) is 0 Å². The van der Waals surface area contributed by atoms with Crippen molar-refractivity contribution < 1.29 is 19.0 Å². The summed E-state index contributed by atoms with van der Waals surface area (Å²) in [5.41, 5.74) is 2.86. The fourth-order valence-corrected chi connectivity index (χ4v) is 5.49. The molecule has 0 unspecified atom stereocenters. The van der Waals surface area contributed by atoms with Gasteiger partial charge in [-0.05, 0) is 60.9 Å². The molecule has 0 bridgehead atoms. The molecule has 0 N–H and O–H groups in total. The van der Waals surface area contributed by atoms with Gasteiger partial charge in [0, 0.05) is 6.20 Å². The van der Waals surface area contributed by atoms with Crippen LogP contribution in [-0.2, 0) is 11.3 Å². The van der Waals surface area contributed by atoms with E-state index >= 15 is 0 Å². The highest BCUT2D eigenvalue weighted by molar-refractivity contribution is 8.26. The number of aryl methyl sites for hydroxylation is 2. The smallest absolute Gasteiger partial charge is 0.269 e. The Morgan fingerprint density at radius 2 is 1.84 bits per heavy atom. The molecule has 0 saturated carbocycles. The van der Waals surface area contributed by atoms with E-state index in [-0.39, 0.29) is 36.2 Å². The fraction of sp³-hybridized carbons (Fsp3) is 0.143. The minimum absolute atomic E-state index is 0.125. The highest BCUT2D eigenvalue weighted by Crippen LogP contribution is 2.37. The number of thioether (sulfide) groups is 1. The number of aromatic nitrogens is 2. The molecule has 4 heterocycles. The number of carbonyl (C=O) groups is 1. The molecule has 1 fully saturated rings. The van der Waals surface area contributed by atoms with Crippen molar-refractivity contribution in [3.63, 3.8) is 0 Å². The van der Waals surface area contributed by atoms with Gasteiger partial charge < -0.3 is 14.2 Å². The molecule has 190 valence electrons. The summed E-state index contributed by atoms with van der Waals surface area (Å²) in [5, 5.41) is 0. The maximum absolute atomic E-state index is 13.6. The van der Waals surface area contributed by atoms with Crippen LogP contribution in [0.15, 0.2) is 70.5 Å². The number of thiocarbonyl (C=S) groups is 1. The zero-order valence-corrected chi connectivity index (χ0v) is 22.1. The van der Waals surface area contributed by atoms with E-state index in [1.54, 1.807) is 12.3 Å². The third-order valence-electron chi connectivity index (χ3n) is 6.28. The molecule has 0 aliphatic carbocycles. The molecule has 2 aliphatic heterocycles. The van der Waals surface area contributed by atoms with Gasteiger partial charge in [-0.1, -0.05) is 54.3 Å². The zero-order valence-electron chi connectivity index (χ0n) is 20.5. The van der Waals surface area contributed by atoms with Crippen molar-refractivity contribution in [2.24, 2.45) is 0 Å². The molecule has 2 aliphatic rings. The number of carbonyl (C=O) groups excluding carboxylic acids is 1. The van der Waals surface area contributed by atoms with E-state index < -0.39 is 0 Å². The van der Waals surface area contributed by atoms with Gasteiger partial charge >= 0.3 is 0 Å². The van der Waals surface area contributed by atoms with E-state index in [1.807, 2.05) is 62.4 Å². The predicted molar refractivity (Wildman–Crippen MR) is 149 cm³/mol. The molecule has 10 heteroatoms. The first-order chi connectivity index (χ1) is 18.4. The Morgan fingerprint density at radius 3 is 2.68 bits per heavy atom. The Bertz CT molecular complexity index is 1730. The zero-order chi connectivity index (χ0) is 26.4. The lowest BCUT2D eigenvalue weighted by Gasteiger charge is -2.15. The Kier molecular flexibility index (Phi) is 6.13. The summed E-state index contributed by atoms with van der Waals surface area (Å²) in [4.78, 5) is 33.6. The molecule has 2 aromatic heterocycles. The van der Waals surface area contributed by atoms with Crippen molar-refractivity contribution in [1.29, 1.82) is 0 Å². The fourth-order valence-electron chi connectivity index (χ4n) is 4.26. The van der Waals surface area contributed by atoms with Crippen LogP contribution in [0.4, 0.5) is 0 Å². The molecule has 6 rings (SSSR count). The van der Waals surface area contributed by atoms with Crippen LogP contribution in [0.3, 0.4) is 0 Å². The minimum atomic E-state index is -0.344. The number of hydrogen-bond acceptors (Lipinski definition) is 8. The van der Waals surface area contributed by atoms with Gasteiger partial charge in [0.15, 0.2) is 11.5 Å². The summed E-state index contributed by atoms with van der Waals surface area (Å²) in [5.74, 6) is 1.70. The van der Waals surface area contributed by atoms with Crippen molar-refractivity contribution in [2.45, 2.75) is 20.4 Å². The minimum Gasteiger partial charge on any atom is -0.454 e. The first-order valence-corrected chi connectivity index (χ1v) is 13.0. The first kappa shape index (κ1) is 24.2. The summed E-state index contributed by atoms with van der Waals surface area (Å²) in [6, 6.07) is 16.6. The quantitative estimate of drug-likeness (QED) is 0.250. The van der Waals surface area contributed by atoms with Crippen LogP contribution in [-0.4, -0.2) is 31.3 Å². The third-order valence-corrected chi connectivity index (χ3v) is 7.65. The summed E-state index contributed by atoms with van der Waals surface area (Å²) in [6.07, 6.45) is 3.17. The van der Waals surface area contributed by atoms with Crippen LogP contribution in [0.25, 0.3) is 11.7 Å². The van der Waals surface area contributed by atoms with Gasteiger partial charge in [-0.15, -0.1) is 0 Å². The average molecular weight is 544 g/mol. The Balaban J connectivity index is 1.39. The summed E-state index contributed by atoms with van der Waals surface area (Å²) in [6.45, 7) is 4.22. The number of ether oxygens (including phenoxy) is 3. The predicted octanol–water partition coefficient (Wildman–Crippen LogP) is 5.23. The third kappa shape index (κ3) is 4.31. The van der Waals surface area contributed by atoms with Crippen LogP contribution >= 0.6 is 24.0 Å². The monoisotopic (exact) mass is 543 g/mol. The topological polar surface area (TPSA) is 82.4 Å². The number of fused-ring (bicyclic) bond motifs is 2. The maximum atomic E-state index is 13.6. The molecule has 1 saturated heterocycles. The number of hydrogen-bond donors (Lipinski definition) is 0. The number of rotatable bonds is 5. The summed E-state index contributed by atoms with van der Waals surface area (Å²) in [7, 11) is 0. The van der Waals surface area contributed by atoms with Crippen LogP contribution in [0.5, 0.6) is 23.1 Å². The number of nitrogens with zero attached hydrogens (tertiary/aromatic N) is 3. The lowest BCUT2D eigenvalue weighted by atomic mass is 10.2. The molecule has 38 heavy (non-hydrogen) atoms. The second kappa shape index (κ2) is 9.62. The number of pyridine rings is 1. The largest absolute Gasteiger partial charge is 0.454 e. The van der Waals surface area contributed by atoms with Gasteiger partial charge in [0.2, 0.25) is 12.7 Å².